The van der Waals surface area contributed by atoms with Gasteiger partial charge in [-0.15, -0.1) is 0 Å². The first-order chi connectivity index (χ1) is 13.0. The molecule has 6 nitrogen and oxygen atoms in total. The second kappa shape index (κ2) is 8.18. The summed E-state index contributed by atoms with van der Waals surface area (Å²) in [5.41, 5.74) is 14.3. The lowest BCUT2D eigenvalue weighted by atomic mass is 10.1. The summed E-state index contributed by atoms with van der Waals surface area (Å²) in [4.78, 5) is 9.02. The van der Waals surface area contributed by atoms with Gasteiger partial charge in [0, 0.05) is 6.42 Å². The molecule has 3 rings (SSSR count). The Bertz CT molecular complexity index is 835. The third-order valence-electron chi connectivity index (χ3n) is 4.44. The fourth-order valence-corrected chi connectivity index (χ4v) is 3.07. The summed E-state index contributed by atoms with van der Waals surface area (Å²) in [6.45, 7) is 2.07. The molecule has 0 spiro atoms. The van der Waals surface area contributed by atoms with Crippen molar-refractivity contribution in [2.24, 2.45) is 21.5 Å². The second-order valence-corrected chi connectivity index (χ2v) is 6.61. The number of hydrogen-bond donors (Lipinski definition) is 4. The lowest BCUT2D eigenvalue weighted by molar-refractivity contribution is 0.368. The van der Waals surface area contributed by atoms with E-state index in [1.807, 2.05) is 36.4 Å². The highest BCUT2D eigenvalue weighted by atomic mass is 19.1. The molecule has 0 radical (unpaired) electrons. The van der Waals surface area contributed by atoms with E-state index in [0.29, 0.717) is 18.8 Å². The number of nitrogens with zero attached hydrogens (tertiary/aromatic N) is 2. The maximum atomic E-state index is 13.4. The van der Waals surface area contributed by atoms with Crippen LogP contribution in [0.15, 0.2) is 64.6 Å². The summed E-state index contributed by atoms with van der Waals surface area (Å²) >= 11 is 0. The van der Waals surface area contributed by atoms with Gasteiger partial charge in [0.05, 0.1) is 6.04 Å². The van der Waals surface area contributed by atoms with Crippen LogP contribution in [0.5, 0.6) is 0 Å². The number of nitrogens with one attached hydrogen (secondary N) is 2. The third-order valence-corrected chi connectivity index (χ3v) is 4.44. The van der Waals surface area contributed by atoms with Crippen LogP contribution in [-0.4, -0.2) is 17.7 Å². The topological polar surface area (TPSA) is 101 Å². The van der Waals surface area contributed by atoms with Crippen molar-refractivity contribution in [3.8, 4) is 0 Å². The van der Waals surface area contributed by atoms with Crippen LogP contribution in [0.25, 0.3) is 0 Å². The molecule has 1 unspecified atom stereocenters. The Labute approximate surface area is 158 Å². The van der Waals surface area contributed by atoms with E-state index in [0.717, 1.165) is 17.5 Å². The average Bonchev–Trinajstić information content (AvgIpc) is 2.65. The maximum absolute atomic E-state index is 13.4. The Morgan fingerprint density at radius 1 is 1.19 bits per heavy atom. The Kier molecular flexibility index (Phi) is 5.71. The maximum Gasteiger partial charge on any atom is 0.201 e. The molecule has 0 saturated carbocycles. The summed E-state index contributed by atoms with van der Waals surface area (Å²) in [5.74, 6) is -0.678. The van der Waals surface area contributed by atoms with E-state index in [2.05, 4.69) is 22.5 Å². The minimum atomic E-state index is -1.10. The van der Waals surface area contributed by atoms with Crippen LogP contribution < -0.4 is 22.1 Å². The minimum Gasteiger partial charge on any atom is -0.370 e. The molecule has 6 N–H and O–H groups in total. The highest BCUT2D eigenvalue weighted by molar-refractivity contribution is 6.00. The standard InChI is InChI=1S/C20H25FN6/c1-2-17(15-8-4-3-5-9-15)24-19-25-18(22)26-20(23,27-19)12-11-14-7-6-10-16(21)13-14/h3-10,13,17H,2,11-12,23H2,1H3,(H4,22,24,25,26,27)/t17-,20?/m0/s1. The molecule has 0 fully saturated rings. The lowest BCUT2D eigenvalue weighted by Crippen LogP contribution is -2.65. The molecule has 1 heterocycles. The van der Waals surface area contributed by atoms with Gasteiger partial charge in [-0.1, -0.05) is 49.4 Å². The zero-order chi connectivity index (χ0) is 19.3. The second-order valence-electron chi connectivity index (χ2n) is 6.61. The molecule has 0 aromatic heterocycles. The molecule has 2 aromatic carbocycles. The SMILES string of the molecule is CC[C@H](N=C1NC(N)=NC(N)(CCc2cccc(F)c2)N1)c1ccccc1. The summed E-state index contributed by atoms with van der Waals surface area (Å²) in [7, 11) is 0. The molecule has 0 saturated heterocycles. The molecule has 1 aliphatic rings. The zero-order valence-corrected chi connectivity index (χ0v) is 15.3. The summed E-state index contributed by atoms with van der Waals surface area (Å²) in [6, 6.07) is 16.5. The van der Waals surface area contributed by atoms with Gasteiger partial charge in [0.1, 0.15) is 5.82 Å². The monoisotopic (exact) mass is 368 g/mol. The van der Waals surface area contributed by atoms with Crippen LogP contribution >= 0.6 is 0 Å². The van der Waals surface area contributed by atoms with E-state index in [4.69, 9.17) is 16.5 Å². The number of guanidine groups is 2. The fraction of sp³-hybridized carbons (Fsp3) is 0.300. The van der Waals surface area contributed by atoms with E-state index in [1.165, 1.54) is 12.1 Å². The molecule has 2 atom stereocenters. The van der Waals surface area contributed by atoms with Crippen LogP contribution in [0.1, 0.15) is 36.9 Å². The first kappa shape index (κ1) is 18.8. The highest BCUT2D eigenvalue weighted by Crippen LogP contribution is 2.21. The van der Waals surface area contributed by atoms with E-state index in [1.54, 1.807) is 6.07 Å². The Hall–Kier alpha value is -2.93. The van der Waals surface area contributed by atoms with Gasteiger partial charge in [-0.25, -0.2) is 14.4 Å². The molecule has 2 aromatic rings. The van der Waals surface area contributed by atoms with Gasteiger partial charge in [0.15, 0.2) is 11.7 Å². The van der Waals surface area contributed by atoms with Crippen molar-refractivity contribution in [3.05, 3.63) is 71.5 Å². The van der Waals surface area contributed by atoms with Crippen molar-refractivity contribution in [1.29, 1.82) is 0 Å². The van der Waals surface area contributed by atoms with Gasteiger partial charge in [0.25, 0.3) is 0 Å². The number of rotatable bonds is 6. The van der Waals surface area contributed by atoms with Crippen LogP contribution in [0.4, 0.5) is 4.39 Å². The van der Waals surface area contributed by atoms with Crippen LogP contribution in [0.3, 0.4) is 0 Å². The van der Waals surface area contributed by atoms with Gasteiger partial charge < -0.3 is 11.1 Å². The normalized spacial score (nSPS) is 21.9. The molecular weight excluding hydrogens is 343 g/mol. The third kappa shape index (κ3) is 5.04. The fourth-order valence-electron chi connectivity index (χ4n) is 3.07. The van der Waals surface area contributed by atoms with E-state index < -0.39 is 5.79 Å². The average molecular weight is 368 g/mol. The molecule has 0 amide bonds. The molecule has 0 bridgehead atoms. The van der Waals surface area contributed by atoms with Gasteiger partial charge in [-0.3, -0.25) is 11.1 Å². The largest absolute Gasteiger partial charge is 0.370 e. The Balaban J connectivity index is 1.75. The number of benzene rings is 2. The highest BCUT2D eigenvalue weighted by Gasteiger charge is 2.30. The summed E-state index contributed by atoms with van der Waals surface area (Å²) in [5, 5.41) is 6.08. The van der Waals surface area contributed by atoms with Crippen molar-refractivity contribution in [2.75, 3.05) is 0 Å². The molecule has 142 valence electrons. The smallest absolute Gasteiger partial charge is 0.201 e. The first-order valence-corrected chi connectivity index (χ1v) is 9.04. The molecule has 27 heavy (non-hydrogen) atoms. The van der Waals surface area contributed by atoms with Crippen molar-refractivity contribution in [3.63, 3.8) is 0 Å². The predicted octanol–water partition coefficient (Wildman–Crippen LogP) is 2.39. The molecule has 7 heteroatoms. The summed E-state index contributed by atoms with van der Waals surface area (Å²) in [6.07, 6.45) is 1.83. The number of nitrogens with two attached hydrogens (primary N) is 2. The number of halogens is 1. The van der Waals surface area contributed by atoms with E-state index >= 15 is 0 Å². The summed E-state index contributed by atoms with van der Waals surface area (Å²) < 4.78 is 13.4. The van der Waals surface area contributed by atoms with Crippen molar-refractivity contribution in [2.45, 2.75) is 38.0 Å². The van der Waals surface area contributed by atoms with Crippen molar-refractivity contribution in [1.82, 2.24) is 10.6 Å². The molecular formula is C20H25FN6. The van der Waals surface area contributed by atoms with Gasteiger partial charge in [0.2, 0.25) is 5.96 Å². The van der Waals surface area contributed by atoms with Crippen LogP contribution in [-0.2, 0) is 6.42 Å². The van der Waals surface area contributed by atoms with Crippen LogP contribution in [0.2, 0.25) is 0 Å². The van der Waals surface area contributed by atoms with E-state index in [9.17, 15) is 4.39 Å². The number of aryl methyl sites for hydroxylation is 1. The number of hydrogen-bond acceptors (Lipinski definition) is 4. The van der Waals surface area contributed by atoms with Crippen molar-refractivity contribution >= 4 is 11.9 Å². The quantitative estimate of drug-likeness (QED) is 0.629. The Morgan fingerprint density at radius 3 is 2.67 bits per heavy atom. The molecule has 1 aliphatic heterocycles. The number of aliphatic imine (C=N–C) groups is 2. The minimum absolute atomic E-state index is 0.0282. The van der Waals surface area contributed by atoms with Crippen molar-refractivity contribution < 1.29 is 4.39 Å². The Morgan fingerprint density at radius 2 is 1.96 bits per heavy atom. The molecule has 0 aliphatic carbocycles. The van der Waals surface area contributed by atoms with E-state index in [-0.39, 0.29) is 17.8 Å². The first-order valence-electron chi connectivity index (χ1n) is 9.04. The lowest BCUT2D eigenvalue weighted by Gasteiger charge is -2.33. The van der Waals surface area contributed by atoms with Gasteiger partial charge >= 0.3 is 0 Å². The van der Waals surface area contributed by atoms with Crippen LogP contribution in [0, 0.1) is 5.82 Å². The predicted molar refractivity (Wildman–Crippen MR) is 106 cm³/mol. The zero-order valence-electron chi connectivity index (χ0n) is 15.3. The van der Waals surface area contributed by atoms with Gasteiger partial charge in [-0.05, 0) is 36.1 Å². The van der Waals surface area contributed by atoms with Gasteiger partial charge in [-0.2, -0.15) is 0 Å².